The van der Waals surface area contributed by atoms with Crippen LogP contribution in [-0.4, -0.2) is 42.8 Å². The molecule has 6 nitrogen and oxygen atoms in total. The van der Waals surface area contributed by atoms with E-state index in [-0.39, 0.29) is 25.1 Å². The van der Waals surface area contributed by atoms with Crippen LogP contribution in [0, 0.1) is 0 Å². The molecule has 0 aliphatic rings. The number of amides is 1. The Bertz CT molecular complexity index is 1210. The summed E-state index contributed by atoms with van der Waals surface area (Å²) in [5.41, 5.74) is 1.58. The molecule has 0 radical (unpaired) electrons. The van der Waals surface area contributed by atoms with Crippen LogP contribution >= 0.6 is 0 Å². The van der Waals surface area contributed by atoms with E-state index in [1.807, 2.05) is 30.3 Å². The normalized spacial score (nSPS) is 11.1. The molecule has 0 atom stereocenters. The molecule has 1 N–H and O–H groups in total. The van der Waals surface area contributed by atoms with Crippen molar-refractivity contribution in [1.29, 1.82) is 0 Å². The summed E-state index contributed by atoms with van der Waals surface area (Å²) < 4.78 is 51.1. The Kier molecular flexibility index (Phi) is 8.58. The number of aliphatic carboxylic acids is 1. The van der Waals surface area contributed by atoms with Gasteiger partial charge in [-0.05, 0) is 52.9 Å². The maximum absolute atomic E-state index is 13.6. The lowest BCUT2D eigenvalue weighted by atomic mass is 9.94. The monoisotopic (exact) mass is 501 g/mol. The average Bonchev–Trinajstić information content (AvgIpc) is 2.85. The minimum Gasteiger partial charge on any atom is -0.496 e. The molecule has 0 aromatic heterocycles. The Balaban J connectivity index is 2.07. The highest BCUT2D eigenvalue weighted by Gasteiger charge is 2.32. The van der Waals surface area contributed by atoms with E-state index in [1.54, 1.807) is 18.2 Å². The van der Waals surface area contributed by atoms with Gasteiger partial charge in [0.2, 0.25) is 0 Å². The molecule has 0 spiro atoms. The van der Waals surface area contributed by atoms with Gasteiger partial charge in [0.25, 0.3) is 0 Å². The van der Waals surface area contributed by atoms with Crippen molar-refractivity contribution in [3.05, 3.63) is 89.0 Å². The van der Waals surface area contributed by atoms with Gasteiger partial charge in [0, 0.05) is 18.7 Å². The first kappa shape index (κ1) is 26.6. The van der Waals surface area contributed by atoms with E-state index >= 15 is 0 Å². The quantitative estimate of drug-likeness (QED) is 0.400. The van der Waals surface area contributed by atoms with Gasteiger partial charge in [-0.2, -0.15) is 13.2 Å². The van der Waals surface area contributed by atoms with Crippen LogP contribution < -0.4 is 4.74 Å². The third-order valence-electron chi connectivity index (χ3n) is 5.65. The molecule has 0 fully saturated rings. The van der Waals surface area contributed by atoms with Gasteiger partial charge in [0.15, 0.2) is 0 Å². The van der Waals surface area contributed by atoms with E-state index in [4.69, 9.17) is 9.47 Å². The third kappa shape index (κ3) is 6.78. The van der Waals surface area contributed by atoms with Gasteiger partial charge in [-0.3, -0.25) is 4.79 Å². The number of methoxy groups -OCH3 is 2. The van der Waals surface area contributed by atoms with Gasteiger partial charge in [-0.1, -0.05) is 42.5 Å². The second kappa shape index (κ2) is 11.6. The summed E-state index contributed by atoms with van der Waals surface area (Å²) in [6, 6.07) is 17.4. The van der Waals surface area contributed by atoms with Crippen molar-refractivity contribution in [2.75, 3.05) is 20.8 Å². The number of carboxylic acid groups (broad SMARTS) is 1. The molecule has 0 heterocycles. The van der Waals surface area contributed by atoms with Crippen LogP contribution in [0.5, 0.6) is 5.75 Å². The molecular formula is C27H26F3NO5. The van der Waals surface area contributed by atoms with Gasteiger partial charge < -0.3 is 19.5 Å². The van der Waals surface area contributed by atoms with E-state index in [0.29, 0.717) is 28.9 Å². The van der Waals surface area contributed by atoms with Crippen LogP contribution in [0.2, 0.25) is 0 Å². The number of nitrogens with zero attached hydrogens (tertiary/aromatic N) is 1. The summed E-state index contributed by atoms with van der Waals surface area (Å²) >= 11 is 0. The first-order chi connectivity index (χ1) is 17.1. The van der Waals surface area contributed by atoms with Crippen LogP contribution in [0.1, 0.15) is 22.3 Å². The largest absolute Gasteiger partial charge is 0.496 e. The van der Waals surface area contributed by atoms with Crippen molar-refractivity contribution in [2.45, 2.75) is 25.6 Å². The fourth-order valence-electron chi connectivity index (χ4n) is 3.89. The third-order valence-corrected chi connectivity index (χ3v) is 5.65. The molecule has 3 aromatic carbocycles. The zero-order chi connectivity index (χ0) is 26.3. The molecular weight excluding hydrogens is 475 g/mol. The molecule has 0 unspecified atom stereocenters. The Morgan fingerprint density at radius 2 is 1.64 bits per heavy atom. The highest BCUT2D eigenvalue weighted by Crippen LogP contribution is 2.38. The Labute approximate surface area is 206 Å². The lowest BCUT2D eigenvalue weighted by molar-refractivity contribution is -0.138. The van der Waals surface area contributed by atoms with Crippen molar-refractivity contribution < 1.29 is 37.3 Å². The summed E-state index contributed by atoms with van der Waals surface area (Å²) in [7, 11) is 2.63. The Morgan fingerprint density at radius 1 is 0.917 bits per heavy atom. The molecule has 0 aliphatic heterocycles. The number of carbonyl (C=O) groups excluding carboxylic acids is 1. The number of hydrogen-bond donors (Lipinski definition) is 1. The van der Waals surface area contributed by atoms with Gasteiger partial charge in [-0.25, -0.2) is 4.79 Å². The Hall–Kier alpha value is -4.01. The molecule has 36 heavy (non-hydrogen) atoms. The lowest BCUT2D eigenvalue weighted by Gasteiger charge is -2.24. The van der Waals surface area contributed by atoms with E-state index in [1.165, 1.54) is 25.2 Å². The Morgan fingerprint density at radius 3 is 2.25 bits per heavy atom. The summed E-state index contributed by atoms with van der Waals surface area (Å²) in [6.07, 6.45) is -5.07. The fraction of sp³-hybridized carbons (Fsp3) is 0.259. The number of alkyl halides is 3. The van der Waals surface area contributed by atoms with Gasteiger partial charge >= 0.3 is 18.2 Å². The second-order valence-electron chi connectivity index (χ2n) is 8.10. The van der Waals surface area contributed by atoms with Crippen LogP contribution in [0.25, 0.3) is 11.1 Å². The summed E-state index contributed by atoms with van der Waals surface area (Å²) in [5.74, 6) is -0.685. The smallest absolute Gasteiger partial charge is 0.416 e. The zero-order valence-electron chi connectivity index (χ0n) is 19.8. The molecule has 0 saturated heterocycles. The number of benzene rings is 3. The minimum atomic E-state index is -4.59. The average molecular weight is 502 g/mol. The molecule has 0 aliphatic carbocycles. The van der Waals surface area contributed by atoms with Crippen molar-refractivity contribution >= 4 is 12.1 Å². The first-order valence-electron chi connectivity index (χ1n) is 11.1. The zero-order valence-corrected chi connectivity index (χ0v) is 19.8. The molecule has 0 saturated carbocycles. The molecule has 3 aromatic rings. The number of hydrogen-bond acceptors (Lipinski definition) is 4. The molecule has 0 bridgehead atoms. The second-order valence-corrected chi connectivity index (χ2v) is 8.10. The van der Waals surface area contributed by atoms with Crippen molar-refractivity contribution in [3.8, 4) is 16.9 Å². The lowest BCUT2D eigenvalue weighted by Crippen LogP contribution is -2.32. The number of halogens is 3. The standard InChI is InChI=1S/C27H26F3NO5/c1-35-24-11-8-19(15-25(32)33)14-23(24)22-10-9-21(27(28,29)30)16-20(22)17-31(26(34)36-2)13-12-18-6-4-3-5-7-18/h3-11,14,16H,12-13,15,17H2,1-2H3,(H,32,33). The highest BCUT2D eigenvalue weighted by atomic mass is 19.4. The van der Waals surface area contributed by atoms with Crippen molar-refractivity contribution in [3.63, 3.8) is 0 Å². The highest BCUT2D eigenvalue weighted by molar-refractivity contribution is 5.77. The summed E-state index contributed by atoms with van der Waals surface area (Å²) in [6.45, 7) is 0.0492. The van der Waals surface area contributed by atoms with Gasteiger partial charge in [-0.15, -0.1) is 0 Å². The number of carbonyl (C=O) groups is 2. The minimum absolute atomic E-state index is 0.162. The van der Waals surface area contributed by atoms with E-state index < -0.39 is 23.8 Å². The number of rotatable bonds is 9. The fourth-order valence-corrected chi connectivity index (χ4v) is 3.89. The van der Waals surface area contributed by atoms with E-state index in [9.17, 15) is 27.9 Å². The molecule has 190 valence electrons. The predicted molar refractivity (Wildman–Crippen MR) is 128 cm³/mol. The van der Waals surface area contributed by atoms with Crippen molar-refractivity contribution in [2.24, 2.45) is 0 Å². The van der Waals surface area contributed by atoms with E-state index in [0.717, 1.165) is 17.7 Å². The summed E-state index contributed by atoms with van der Waals surface area (Å²) in [4.78, 5) is 25.1. The number of carboxylic acids is 1. The van der Waals surface area contributed by atoms with Gasteiger partial charge in [0.1, 0.15) is 5.75 Å². The van der Waals surface area contributed by atoms with Crippen molar-refractivity contribution in [1.82, 2.24) is 4.90 Å². The first-order valence-corrected chi connectivity index (χ1v) is 11.1. The van der Waals surface area contributed by atoms with Crippen LogP contribution in [0.15, 0.2) is 66.7 Å². The maximum atomic E-state index is 13.6. The van der Waals surface area contributed by atoms with Crippen LogP contribution in [-0.2, 0) is 35.1 Å². The number of ether oxygens (including phenoxy) is 2. The van der Waals surface area contributed by atoms with Crippen LogP contribution in [0.3, 0.4) is 0 Å². The molecule has 1 amide bonds. The summed E-state index contributed by atoms with van der Waals surface area (Å²) in [5, 5.41) is 9.18. The maximum Gasteiger partial charge on any atom is 0.416 e. The molecule has 9 heteroatoms. The SMILES string of the molecule is COC(=O)N(CCc1ccccc1)Cc1cc(C(F)(F)F)ccc1-c1cc(CC(=O)O)ccc1OC. The van der Waals surface area contributed by atoms with Gasteiger partial charge in [0.05, 0.1) is 26.2 Å². The van der Waals surface area contributed by atoms with Crippen LogP contribution in [0.4, 0.5) is 18.0 Å². The molecule has 3 rings (SSSR count). The topological polar surface area (TPSA) is 76.1 Å². The van der Waals surface area contributed by atoms with E-state index in [2.05, 4.69) is 0 Å². The predicted octanol–water partition coefficient (Wildman–Crippen LogP) is 5.82.